The molecule has 1 rings (SSSR count). The molecule has 1 aromatic rings. The third-order valence-corrected chi connectivity index (χ3v) is 3.02. The molecule has 0 aliphatic rings. The van der Waals surface area contributed by atoms with Crippen molar-refractivity contribution in [1.82, 2.24) is 15.1 Å². The summed E-state index contributed by atoms with van der Waals surface area (Å²) in [5.41, 5.74) is -1.57. The van der Waals surface area contributed by atoms with Crippen molar-refractivity contribution in [2.24, 2.45) is 0 Å². The number of carbonyl (C=O) groups is 2. The fraction of sp³-hybridized carbons (Fsp3) is 0.583. The average molecular weight is 344 g/mol. The molecule has 0 bridgehead atoms. The quantitative estimate of drug-likeness (QED) is 0.448. The second kappa shape index (κ2) is 8.11. The van der Waals surface area contributed by atoms with Gasteiger partial charge in [-0.05, 0) is 31.0 Å². The van der Waals surface area contributed by atoms with Gasteiger partial charge in [0.2, 0.25) is 11.1 Å². The Kier molecular flexibility index (Phi) is 6.79. The Hall–Kier alpha value is -1.64. The molecule has 1 N–H and O–H groups in total. The van der Waals surface area contributed by atoms with Crippen LogP contribution >= 0.6 is 11.6 Å². The molecular formula is C12H14ClF4N3O2. The van der Waals surface area contributed by atoms with Gasteiger partial charge in [-0.3, -0.25) is 14.3 Å². The van der Waals surface area contributed by atoms with Gasteiger partial charge in [-0.2, -0.15) is 5.10 Å². The van der Waals surface area contributed by atoms with Crippen LogP contribution in [0.1, 0.15) is 50.0 Å². The smallest absolute Gasteiger partial charge is 0.282 e. The predicted molar refractivity (Wildman–Crippen MR) is 70.0 cm³/mol. The van der Waals surface area contributed by atoms with E-state index in [0.29, 0.717) is 10.7 Å². The first-order valence-corrected chi connectivity index (χ1v) is 6.73. The number of hydrogen-bond acceptors (Lipinski definition) is 3. The topological polar surface area (TPSA) is 64.0 Å². The molecule has 124 valence electrons. The van der Waals surface area contributed by atoms with Crippen LogP contribution in [0.5, 0.6) is 0 Å². The van der Waals surface area contributed by atoms with Crippen molar-refractivity contribution in [3.8, 4) is 0 Å². The van der Waals surface area contributed by atoms with Crippen LogP contribution < -0.4 is 5.32 Å². The highest BCUT2D eigenvalue weighted by atomic mass is 35.5. The molecule has 1 heterocycles. The molecule has 0 saturated carbocycles. The minimum Gasteiger partial charge on any atom is -0.354 e. The summed E-state index contributed by atoms with van der Waals surface area (Å²) in [6.07, 6.45) is -5.72. The molecule has 0 aromatic carbocycles. The van der Waals surface area contributed by atoms with Gasteiger partial charge in [0.15, 0.2) is 0 Å². The van der Waals surface area contributed by atoms with Gasteiger partial charge in [-0.1, -0.05) is 0 Å². The first-order valence-electron chi connectivity index (χ1n) is 6.35. The lowest BCUT2D eigenvalue weighted by atomic mass is 10.2. The summed E-state index contributed by atoms with van der Waals surface area (Å²) >= 11 is 5.12. The molecule has 1 aromatic heterocycles. The Bertz CT molecular complexity index is 536. The molecule has 0 aliphatic carbocycles. The standard InChI is InChI=1S/C12H14ClF4N3O2/c1-6(12(22)18-4-2-3-9(13)21)20-8(11(16)17)5-7(19-20)10(14)15/h5-6,10-11H,2-4H2,1H3,(H,18,22). The van der Waals surface area contributed by atoms with Crippen molar-refractivity contribution in [3.05, 3.63) is 17.5 Å². The van der Waals surface area contributed by atoms with E-state index in [1.165, 1.54) is 6.92 Å². The fourth-order valence-corrected chi connectivity index (χ4v) is 1.84. The molecule has 0 fully saturated rings. The molecule has 10 heteroatoms. The zero-order valence-electron chi connectivity index (χ0n) is 11.5. The molecule has 0 spiro atoms. The third-order valence-electron chi connectivity index (χ3n) is 2.83. The zero-order valence-corrected chi connectivity index (χ0v) is 12.3. The van der Waals surface area contributed by atoms with Gasteiger partial charge < -0.3 is 5.32 Å². The van der Waals surface area contributed by atoms with Crippen molar-refractivity contribution < 1.29 is 27.2 Å². The summed E-state index contributed by atoms with van der Waals surface area (Å²) in [6, 6.07) is -0.617. The lowest BCUT2D eigenvalue weighted by Crippen LogP contribution is -2.33. The maximum absolute atomic E-state index is 12.8. The van der Waals surface area contributed by atoms with Gasteiger partial charge >= 0.3 is 0 Å². The lowest BCUT2D eigenvalue weighted by Gasteiger charge is -2.15. The van der Waals surface area contributed by atoms with Crippen LogP contribution in [-0.4, -0.2) is 27.5 Å². The van der Waals surface area contributed by atoms with Gasteiger partial charge in [0.1, 0.15) is 17.4 Å². The Labute approximate surface area is 128 Å². The average Bonchev–Trinajstić information content (AvgIpc) is 2.87. The Morgan fingerprint density at radius 2 is 1.95 bits per heavy atom. The fourth-order valence-electron chi connectivity index (χ4n) is 1.71. The van der Waals surface area contributed by atoms with Gasteiger partial charge in [-0.25, -0.2) is 17.6 Å². The van der Waals surface area contributed by atoms with E-state index >= 15 is 0 Å². The number of aromatic nitrogens is 2. The third kappa shape index (κ3) is 4.97. The predicted octanol–water partition coefficient (Wildman–Crippen LogP) is 2.98. The SMILES string of the molecule is CC(C(=O)NCCCC(=O)Cl)n1nc(C(F)F)cc1C(F)F. The lowest BCUT2D eigenvalue weighted by molar-refractivity contribution is -0.124. The summed E-state index contributed by atoms with van der Waals surface area (Å²) < 4.78 is 51.3. The molecular weight excluding hydrogens is 330 g/mol. The largest absolute Gasteiger partial charge is 0.354 e. The van der Waals surface area contributed by atoms with Crippen LogP contribution in [0.4, 0.5) is 17.6 Å². The number of nitrogens with one attached hydrogen (secondary N) is 1. The van der Waals surface area contributed by atoms with Crippen LogP contribution in [0.15, 0.2) is 6.07 Å². The normalized spacial score (nSPS) is 12.7. The first kappa shape index (κ1) is 18.4. The van der Waals surface area contributed by atoms with Gasteiger partial charge in [0, 0.05) is 13.0 Å². The maximum atomic E-state index is 12.8. The Morgan fingerprint density at radius 1 is 1.32 bits per heavy atom. The summed E-state index contributed by atoms with van der Waals surface area (Å²) in [5, 5.41) is 5.20. The molecule has 1 atom stereocenters. The number of alkyl halides is 4. The van der Waals surface area contributed by atoms with Crippen molar-refractivity contribution in [3.63, 3.8) is 0 Å². The monoisotopic (exact) mass is 343 g/mol. The maximum Gasteiger partial charge on any atom is 0.282 e. The zero-order chi connectivity index (χ0) is 16.9. The number of amides is 1. The van der Waals surface area contributed by atoms with Crippen molar-refractivity contribution >= 4 is 22.8 Å². The van der Waals surface area contributed by atoms with Crippen molar-refractivity contribution in [2.75, 3.05) is 6.54 Å². The summed E-state index contributed by atoms with van der Waals surface area (Å²) in [6.45, 7) is 1.37. The Balaban J connectivity index is 2.76. The van der Waals surface area contributed by atoms with Gasteiger partial charge in [0.25, 0.3) is 12.9 Å². The van der Waals surface area contributed by atoms with Gasteiger partial charge in [-0.15, -0.1) is 0 Å². The number of rotatable bonds is 8. The minimum absolute atomic E-state index is 0.0514. The minimum atomic E-state index is -3.04. The van der Waals surface area contributed by atoms with E-state index in [2.05, 4.69) is 10.4 Å². The highest BCUT2D eigenvalue weighted by Gasteiger charge is 2.26. The molecule has 0 radical (unpaired) electrons. The molecule has 1 amide bonds. The van der Waals surface area contributed by atoms with E-state index < -0.39 is 41.4 Å². The summed E-state index contributed by atoms with van der Waals surface area (Å²) in [4.78, 5) is 22.3. The number of nitrogens with zero attached hydrogens (tertiary/aromatic N) is 2. The van der Waals surface area contributed by atoms with E-state index in [0.717, 1.165) is 0 Å². The van der Waals surface area contributed by atoms with E-state index in [4.69, 9.17) is 11.6 Å². The van der Waals surface area contributed by atoms with E-state index in [9.17, 15) is 27.2 Å². The molecule has 0 saturated heterocycles. The molecule has 5 nitrogen and oxygen atoms in total. The highest BCUT2D eigenvalue weighted by Crippen LogP contribution is 2.27. The number of carbonyl (C=O) groups excluding carboxylic acids is 2. The van der Waals surface area contributed by atoms with Crippen LogP contribution in [0.3, 0.4) is 0 Å². The first-order chi connectivity index (χ1) is 10.2. The van der Waals surface area contributed by atoms with E-state index in [1.54, 1.807) is 0 Å². The van der Waals surface area contributed by atoms with E-state index in [-0.39, 0.29) is 19.4 Å². The number of halogens is 5. The number of hydrogen-bond donors (Lipinski definition) is 1. The second-order valence-corrected chi connectivity index (χ2v) is 4.89. The molecule has 0 aliphatic heterocycles. The van der Waals surface area contributed by atoms with Crippen molar-refractivity contribution in [1.29, 1.82) is 0 Å². The summed E-state index contributed by atoms with van der Waals surface area (Å²) in [5.74, 6) is -0.673. The highest BCUT2D eigenvalue weighted by molar-refractivity contribution is 6.63. The molecule has 22 heavy (non-hydrogen) atoms. The van der Waals surface area contributed by atoms with Crippen LogP contribution in [-0.2, 0) is 9.59 Å². The van der Waals surface area contributed by atoms with E-state index in [1.807, 2.05) is 0 Å². The van der Waals surface area contributed by atoms with Crippen LogP contribution in [0.25, 0.3) is 0 Å². The Morgan fingerprint density at radius 3 is 2.45 bits per heavy atom. The van der Waals surface area contributed by atoms with Crippen molar-refractivity contribution in [2.45, 2.75) is 38.7 Å². The van der Waals surface area contributed by atoms with Gasteiger partial charge in [0.05, 0.1) is 0 Å². The molecule has 1 unspecified atom stereocenters. The summed E-state index contributed by atoms with van der Waals surface area (Å²) in [7, 11) is 0. The second-order valence-electron chi connectivity index (χ2n) is 4.47. The van der Waals surface area contributed by atoms with Crippen LogP contribution in [0, 0.1) is 0 Å². The van der Waals surface area contributed by atoms with Crippen LogP contribution in [0.2, 0.25) is 0 Å².